The molecule has 1 aliphatic rings. The first-order valence-electron chi connectivity index (χ1n) is 8.17. The van der Waals surface area contributed by atoms with Crippen LogP contribution >= 0.6 is 22.9 Å². The number of carbonyl (C=O) groups is 1. The average Bonchev–Trinajstić information content (AvgIpc) is 3.13. The lowest BCUT2D eigenvalue weighted by Crippen LogP contribution is -2.48. The van der Waals surface area contributed by atoms with Crippen LogP contribution in [0.5, 0.6) is 0 Å². The molecule has 1 fully saturated rings. The zero-order chi connectivity index (χ0) is 17.3. The van der Waals surface area contributed by atoms with Crippen LogP contribution in [-0.2, 0) is 6.54 Å². The molecule has 1 aliphatic heterocycles. The van der Waals surface area contributed by atoms with E-state index in [4.69, 9.17) is 16.1 Å². The molecule has 7 heteroatoms. The Bertz CT molecular complexity index is 717. The maximum Gasteiger partial charge on any atom is 0.259 e. The van der Waals surface area contributed by atoms with Crippen molar-refractivity contribution in [2.24, 2.45) is 0 Å². The maximum absolute atomic E-state index is 12.9. The van der Waals surface area contributed by atoms with Gasteiger partial charge in [-0.3, -0.25) is 9.69 Å². The van der Waals surface area contributed by atoms with Crippen LogP contribution in [0, 0.1) is 6.92 Å². The smallest absolute Gasteiger partial charge is 0.259 e. The molecule has 0 bridgehead atoms. The summed E-state index contributed by atoms with van der Waals surface area (Å²) in [5, 5.41) is 3.98. The molecule has 130 valence electrons. The van der Waals surface area contributed by atoms with E-state index >= 15 is 0 Å². The zero-order valence-electron chi connectivity index (χ0n) is 14.2. The predicted molar refractivity (Wildman–Crippen MR) is 95.8 cm³/mol. The molecule has 0 spiro atoms. The van der Waals surface area contributed by atoms with Crippen LogP contribution in [0.1, 0.15) is 46.5 Å². The zero-order valence-corrected chi connectivity index (χ0v) is 15.8. The van der Waals surface area contributed by atoms with E-state index in [0.717, 1.165) is 37.1 Å². The van der Waals surface area contributed by atoms with Gasteiger partial charge in [-0.15, -0.1) is 11.3 Å². The van der Waals surface area contributed by atoms with Crippen molar-refractivity contribution < 1.29 is 9.32 Å². The normalized spacial score (nSPS) is 16.1. The molecule has 0 atom stereocenters. The number of nitrogens with zero attached hydrogens (tertiary/aromatic N) is 3. The topological polar surface area (TPSA) is 49.6 Å². The number of carbonyl (C=O) groups excluding carboxylic acids is 1. The Morgan fingerprint density at radius 2 is 2.04 bits per heavy atom. The van der Waals surface area contributed by atoms with Gasteiger partial charge in [-0.2, -0.15) is 0 Å². The van der Waals surface area contributed by atoms with E-state index in [2.05, 4.69) is 16.1 Å². The molecule has 0 radical (unpaired) electrons. The van der Waals surface area contributed by atoms with Gasteiger partial charge in [0.25, 0.3) is 5.91 Å². The minimum atomic E-state index is 0.0382. The molecule has 0 aliphatic carbocycles. The third-order valence-electron chi connectivity index (χ3n) is 4.30. The fraction of sp³-hybridized carbons (Fsp3) is 0.529. The van der Waals surface area contributed by atoms with Crippen molar-refractivity contribution in [3.8, 4) is 0 Å². The molecule has 2 aromatic heterocycles. The van der Waals surface area contributed by atoms with Crippen LogP contribution in [0.3, 0.4) is 0 Å². The highest BCUT2D eigenvalue weighted by Gasteiger charge is 2.29. The van der Waals surface area contributed by atoms with Gasteiger partial charge in [-0.25, -0.2) is 0 Å². The predicted octanol–water partition coefficient (Wildman–Crippen LogP) is 3.78. The number of amides is 1. The molecular weight excluding hydrogens is 346 g/mol. The molecule has 1 saturated heterocycles. The summed E-state index contributed by atoms with van der Waals surface area (Å²) in [5.74, 6) is 0.874. The Balaban J connectivity index is 1.62. The standard InChI is InChI=1S/C17H22ClN3O2S/c1-11(2)16-15(12(3)19-23-16)17(22)21-8-6-20(7-9-21)10-13-4-5-14(18)24-13/h4-5,11H,6-10H2,1-3H3. The Morgan fingerprint density at radius 1 is 1.33 bits per heavy atom. The first-order valence-corrected chi connectivity index (χ1v) is 9.37. The highest BCUT2D eigenvalue weighted by molar-refractivity contribution is 7.16. The second-order valence-electron chi connectivity index (χ2n) is 6.44. The van der Waals surface area contributed by atoms with Crippen LogP contribution in [0.2, 0.25) is 4.34 Å². The van der Waals surface area contributed by atoms with Gasteiger partial charge in [0.1, 0.15) is 5.56 Å². The van der Waals surface area contributed by atoms with E-state index in [0.29, 0.717) is 17.0 Å². The van der Waals surface area contributed by atoms with Crippen molar-refractivity contribution in [1.29, 1.82) is 0 Å². The van der Waals surface area contributed by atoms with Gasteiger partial charge in [-0.05, 0) is 19.1 Å². The highest BCUT2D eigenvalue weighted by Crippen LogP contribution is 2.25. The summed E-state index contributed by atoms with van der Waals surface area (Å²) < 4.78 is 6.17. The first kappa shape index (κ1) is 17.5. The van der Waals surface area contributed by atoms with Gasteiger partial charge in [0.05, 0.1) is 10.0 Å². The van der Waals surface area contributed by atoms with E-state index < -0.39 is 0 Å². The van der Waals surface area contributed by atoms with Gasteiger partial charge in [0.15, 0.2) is 5.76 Å². The molecule has 3 rings (SSSR count). The van der Waals surface area contributed by atoms with Crippen LogP contribution in [0.4, 0.5) is 0 Å². The molecular formula is C17H22ClN3O2S. The van der Waals surface area contributed by atoms with Gasteiger partial charge < -0.3 is 9.42 Å². The van der Waals surface area contributed by atoms with Crippen LogP contribution < -0.4 is 0 Å². The molecule has 0 unspecified atom stereocenters. The SMILES string of the molecule is Cc1noc(C(C)C)c1C(=O)N1CCN(Cc2ccc(Cl)s2)CC1. The first-order chi connectivity index (χ1) is 11.5. The lowest BCUT2D eigenvalue weighted by Gasteiger charge is -2.34. The second kappa shape index (κ2) is 7.25. The number of aryl methyl sites for hydroxylation is 1. The fourth-order valence-electron chi connectivity index (χ4n) is 2.97. The van der Waals surface area contributed by atoms with Gasteiger partial charge in [-0.1, -0.05) is 30.6 Å². The van der Waals surface area contributed by atoms with Crippen molar-refractivity contribution in [3.05, 3.63) is 38.4 Å². The van der Waals surface area contributed by atoms with Crippen LogP contribution in [-0.4, -0.2) is 47.0 Å². The summed E-state index contributed by atoms with van der Waals surface area (Å²) in [6, 6.07) is 4.00. The lowest BCUT2D eigenvalue weighted by atomic mass is 10.0. The average molecular weight is 368 g/mol. The number of halogens is 1. The third-order valence-corrected chi connectivity index (χ3v) is 5.51. The number of hydrogen-bond acceptors (Lipinski definition) is 5. The van der Waals surface area contributed by atoms with Crippen molar-refractivity contribution in [1.82, 2.24) is 15.0 Å². The van der Waals surface area contributed by atoms with E-state index in [1.165, 1.54) is 4.88 Å². The van der Waals surface area contributed by atoms with Gasteiger partial charge >= 0.3 is 0 Å². The number of thiophene rings is 1. The summed E-state index contributed by atoms with van der Waals surface area (Å²) in [6.45, 7) is 9.93. The molecule has 1 amide bonds. The maximum atomic E-state index is 12.9. The number of piperazine rings is 1. The van der Waals surface area contributed by atoms with Gasteiger partial charge in [0, 0.05) is 43.5 Å². The van der Waals surface area contributed by atoms with Crippen LogP contribution in [0.15, 0.2) is 16.7 Å². The third kappa shape index (κ3) is 3.66. The van der Waals surface area contributed by atoms with E-state index in [9.17, 15) is 4.79 Å². The molecule has 0 N–H and O–H groups in total. The fourth-order valence-corrected chi connectivity index (χ4v) is 4.10. The Labute approximate surface area is 151 Å². The van der Waals surface area contributed by atoms with Crippen molar-refractivity contribution >= 4 is 28.8 Å². The second-order valence-corrected chi connectivity index (χ2v) is 8.24. The molecule has 0 aromatic carbocycles. The van der Waals surface area contributed by atoms with Crippen LogP contribution in [0.25, 0.3) is 0 Å². The Kier molecular flexibility index (Phi) is 5.27. The number of hydrogen-bond donors (Lipinski definition) is 0. The van der Waals surface area contributed by atoms with E-state index in [-0.39, 0.29) is 11.8 Å². The number of aromatic nitrogens is 1. The van der Waals surface area contributed by atoms with Gasteiger partial charge in [0.2, 0.25) is 0 Å². The summed E-state index contributed by atoms with van der Waals surface area (Å²) >= 11 is 7.60. The quantitative estimate of drug-likeness (QED) is 0.825. The Morgan fingerprint density at radius 3 is 2.62 bits per heavy atom. The van der Waals surface area contributed by atoms with Crippen molar-refractivity contribution in [2.45, 2.75) is 33.2 Å². The van der Waals surface area contributed by atoms with Crippen molar-refractivity contribution in [3.63, 3.8) is 0 Å². The monoisotopic (exact) mass is 367 g/mol. The minimum absolute atomic E-state index is 0.0382. The molecule has 24 heavy (non-hydrogen) atoms. The molecule has 0 saturated carbocycles. The molecule has 3 heterocycles. The highest BCUT2D eigenvalue weighted by atomic mass is 35.5. The van der Waals surface area contributed by atoms with E-state index in [1.54, 1.807) is 11.3 Å². The van der Waals surface area contributed by atoms with Crippen molar-refractivity contribution in [2.75, 3.05) is 26.2 Å². The largest absolute Gasteiger partial charge is 0.360 e. The molecule has 5 nitrogen and oxygen atoms in total. The summed E-state index contributed by atoms with van der Waals surface area (Å²) in [6.07, 6.45) is 0. The summed E-state index contributed by atoms with van der Waals surface area (Å²) in [7, 11) is 0. The number of rotatable bonds is 4. The lowest BCUT2D eigenvalue weighted by molar-refractivity contribution is 0.0626. The Hall–Kier alpha value is -1.37. The van der Waals surface area contributed by atoms with E-state index in [1.807, 2.05) is 31.7 Å². The minimum Gasteiger partial charge on any atom is -0.360 e. The summed E-state index contributed by atoms with van der Waals surface area (Å²) in [5.41, 5.74) is 1.32. The molecule has 2 aromatic rings. The summed E-state index contributed by atoms with van der Waals surface area (Å²) in [4.78, 5) is 18.4.